The standard InChI is InChI=1S/C18H17ClF3NO2S/c1-11-9-13(19)7-8-15(11)25-12(2)17(24)23-14-5-3-4-6-16(14)26-10-18(20,21)22/h3-9,12H,10H2,1-2H3,(H,23,24). The monoisotopic (exact) mass is 403 g/mol. The van der Waals surface area contributed by atoms with Crippen molar-refractivity contribution in [2.45, 2.75) is 31.0 Å². The van der Waals surface area contributed by atoms with E-state index in [2.05, 4.69) is 5.32 Å². The van der Waals surface area contributed by atoms with Crippen LogP contribution in [0.2, 0.25) is 5.02 Å². The molecule has 0 saturated heterocycles. The molecule has 0 aliphatic heterocycles. The van der Waals surface area contributed by atoms with Crippen molar-refractivity contribution < 1.29 is 22.7 Å². The Morgan fingerprint density at radius 3 is 2.62 bits per heavy atom. The molecule has 1 amide bonds. The summed E-state index contributed by atoms with van der Waals surface area (Å²) >= 11 is 6.51. The molecule has 2 aromatic rings. The van der Waals surface area contributed by atoms with Gasteiger partial charge >= 0.3 is 6.18 Å². The highest BCUT2D eigenvalue weighted by atomic mass is 35.5. The van der Waals surface area contributed by atoms with Crippen LogP contribution in [0.5, 0.6) is 5.75 Å². The number of thioether (sulfide) groups is 1. The minimum atomic E-state index is -4.29. The summed E-state index contributed by atoms with van der Waals surface area (Å²) in [6, 6.07) is 11.4. The van der Waals surface area contributed by atoms with Crippen molar-refractivity contribution in [2.24, 2.45) is 0 Å². The molecule has 3 nitrogen and oxygen atoms in total. The minimum absolute atomic E-state index is 0.315. The number of amides is 1. The van der Waals surface area contributed by atoms with Gasteiger partial charge in [-0.15, -0.1) is 11.8 Å². The van der Waals surface area contributed by atoms with Gasteiger partial charge in [0.1, 0.15) is 5.75 Å². The predicted molar refractivity (Wildman–Crippen MR) is 98.1 cm³/mol. The number of hydrogen-bond acceptors (Lipinski definition) is 3. The Morgan fingerprint density at radius 2 is 1.96 bits per heavy atom. The summed E-state index contributed by atoms with van der Waals surface area (Å²) in [7, 11) is 0. The number of alkyl halides is 3. The van der Waals surface area contributed by atoms with E-state index in [0.29, 0.717) is 33.1 Å². The molecule has 1 atom stereocenters. The molecule has 0 bridgehead atoms. The number of carbonyl (C=O) groups is 1. The number of para-hydroxylation sites is 1. The van der Waals surface area contributed by atoms with E-state index in [4.69, 9.17) is 16.3 Å². The van der Waals surface area contributed by atoms with Crippen molar-refractivity contribution in [2.75, 3.05) is 11.1 Å². The highest BCUT2D eigenvalue weighted by molar-refractivity contribution is 7.99. The van der Waals surface area contributed by atoms with E-state index in [1.807, 2.05) is 0 Å². The molecule has 0 heterocycles. The molecular weight excluding hydrogens is 387 g/mol. The van der Waals surface area contributed by atoms with Gasteiger partial charge in [0, 0.05) is 9.92 Å². The van der Waals surface area contributed by atoms with Crippen LogP contribution in [0.3, 0.4) is 0 Å². The predicted octanol–water partition coefficient (Wildman–Crippen LogP) is 5.71. The van der Waals surface area contributed by atoms with Gasteiger partial charge in [0.05, 0.1) is 11.4 Å². The Kier molecular flexibility index (Phi) is 6.83. The van der Waals surface area contributed by atoms with E-state index < -0.39 is 23.9 Å². The molecule has 0 spiro atoms. The summed E-state index contributed by atoms with van der Waals surface area (Å²) < 4.78 is 42.9. The molecule has 0 aliphatic rings. The molecule has 26 heavy (non-hydrogen) atoms. The van der Waals surface area contributed by atoms with Crippen molar-refractivity contribution in [3.05, 3.63) is 53.1 Å². The second-order valence-electron chi connectivity index (χ2n) is 5.56. The lowest BCUT2D eigenvalue weighted by Crippen LogP contribution is -2.30. The van der Waals surface area contributed by atoms with Gasteiger partial charge in [-0.1, -0.05) is 23.7 Å². The van der Waals surface area contributed by atoms with Crippen molar-refractivity contribution in [1.29, 1.82) is 0 Å². The van der Waals surface area contributed by atoms with Crippen molar-refractivity contribution in [3.8, 4) is 5.75 Å². The first-order chi connectivity index (χ1) is 12.2. The fourth-order valence-corrected chi connectivity index (χ4v) is 3.07. The quantitative estimate of drug-likeness (QED) is 0.628. The van der Waals surface area contributed by atoms with Gasteiger partial charge in [-0.2, -0.15) is 13.2 Å². The molecule has 1 unspecified atom stereocenters. The normalized spacial score (nSPS) is 12.5. The third-order valence-corrected chi connectivity index (χ3v) is 4.72. The second-order valence-corrected chi connectivity index (χ2v) is 7.01. The number of benzene rings is 2. The van der Waals surface area contributed by atoms with Crippen LogP contribution >= 0.6 is 23.4 Å². The summed E-state index contributed by atoms with van der Waals surface area (Å²) in [4.78, 5) is 12.7. The van der Waals surface area contributed by atoms with E-state index in [9.17, 15) is 18.0 Å². The van der Waals surface area contributed by atoms with Crippen LogP contribution in [0.25, 0.3) is 0 Å². The molecule has 0 fully saturated rings. The Balaban J connectivity index is 2.04. The highest BCUT2D eigenvalue weighted by Crippen LogP contribution is 2.32. The SMILES string of the molecule is Cc1cc(Cl)ccc1OC(C)C(=O)Nc1ccccc1SCC(F)(F)F. The zero-order valence-corrected chi connectivity index (χ0v) is 15.6. The first kappa shape index (κ1) is 20.5. The molecular formula is C18H17ClF3NO2S. The third-order valence-electron chi connectivity index (χ3n) is 3.35. The molecule has 0 aromatic heterocycles. The summed E-state index contributed by atoms with van der Waals surface area (Å²) in [5.74, 6) is -0.980. The average molecular weight is 404 g/mol. The largest absolute Gasteiger partial charge is 0.481 e. The minimum Gasteiger partial charge on any atom is -0.481 e. The van der Waals surface area contributed by atoms with Crippen LogP contribution in [0.4, 0.5) is 18.9 Å². The molecule has 140 valence electrons. The molecule has 1 N–H and O–H groups in total. The number of anilines is 1. The topological polar surface area (TPSA) is 38.3 Å². The van der Waals surface area contributed by atoms with E-state index in [0.717, 1.165) is 5.56 Å². The average Bonchev–Trinajstić information content (AvgIpc) is 2.55. The Morgan fingerprint density at radius 1 is 1.27 bits per heavy atom. The summed E-state index contributed by atoms with van der Waals surface area (Å²) in [5, 5.41) is 3.18. The summed E-state index contributed by atoms with van der Waals surface area (Å²) in [6.07, 6.45) is -5.12. The molecule has 0 aliphatic carbocycles. The highest BCUT2D eigenvalue weighted by Gasteiger charge is 2.28. The molecule has 0 saturated carbocycles. The number of aryl methyl sites for hydroxylation is 1. The van der Waals surface area contributed by atoms with Crippen LogP contribution in [-0.4, -0.2) is 23.9 Å². The van der Waals surface area contributed by atoms with Crippen molar-refractivity contribution >= 4 is 35.0 Å². The number of rotatable bonds is 6. The molecule has 0 radical (unpaired) electrons. The van der Waals surface area contributed by atoms with Gasteiger partial charge < -0.3 is 10.1 Å². The van der Waals surface area contributed by atoms with Gasteiger partial charge in [0.15, 0.2) is 6.10 Å². The fraction of sp³-hybridized carbons (Fsp3) is 0.278. The third kappa shape index (κ3) is 6.14. The maximum absolute atomic E-state index is 12.4. The lowest BCUT2D eigenvalue weighted by atomic mass is 10.2. The number of hydrogen-bond donors (Lipinski definition) is 1. The van der Waals surface area contributed by atoms with E-state index in [-0.39, 0.29) is 0 Å². The Hall–Kier alpha value is -1.86. The Labute approximate surface area is 158 Å². The van der Waals surface area contributed by atoms with E-state index in [1.165, 1.54) is 6.07 Å². The van der Waals surface area contributed by atoms with Crippen LogP contribution < -0.4 is 10.1 Å². The fourth-order valence-electron chi connectivity index (χ4n) is 2.08. The van der Waals surface area contributed by atoms with Crippen LogP contribution in [0.15, 0.2) is 47.4 Å². The Bertz CT molecular complexity index is 783. The summed E-state index contributed by atoms with van der Waals surface area (Å²) in [5.41, 5.74) is 1.09. The van der Waals surface area contributed by atoms with Crippen molar-refractivity contribution in [1.82, 2.24) is 0 Å². The number of halogens is 4. The van der Waals surface area contributed by atoms with Gasteiger partial charge in [0.2, 0.25) is 0 Å². The first-order valence-corrected chi connectivity index (χ1v) is 9.04. The first-order valence-electron chi connectivity index (χ1n) is 7.68. The number of carbonyl (C=O) groups excluding carboxylic acids is 1. The zero-order valence-electron chi connectivity index (χ0n) is 14.1. The van der Waals surface area contributed by atoms with Crippen LogP contribution in [0, 0.1) is 6.92 Å². The lowest BCUT2D eigenvalue weighted by Gasteiger charge is -2.18. The van der Waals surface area contributed by atoms with E-state index >= 15 is 0 Å². The van der Waals surface area contributed by atoms with Crippen LogP contribution in [-0.2, 0) is 4.79 Å². The second kappa shape index (κ2) is 8.68. The number of nitrogens with one attached hydrogen (secondary N) is 1. The zero-order chi connectivity index (χ0) is 19.3. The van der Waals surface area contributed by atoms with Gasteiger partial charge in [-0.3, -0.25) is 4.79 Å². The van der Waals surface area contributed by atoms with Crippen LogP contribution in [0.1, 0.15) is 12.5 Å². The summed E-state index contributed by atoms with van der Waals surface area (Å²) in [6.45, 7) is 3.36. The number of ether oxygens (including phenoxy) is 1. The maximum atomic E-state index is 12.4. The molecule has 2 aromatic carbocycles. The lowest BCUT2D eigenvalue weighted by molar-refractivity contribution is -0.122. The van der Waals surface area contributed by atoms with E-state index in [1.54, 1.807) is 50.2 Å². The molecule has 8 heteroatoms. The smallest absolute Gasteiger partial charge is 0.398 e. The van der Waals surface area contributed by atoms with Crippen molar-refractivity contribution in [3.63, 3.8) is 0 Å². The molecule has 2 rings (SSSR count). The van der Waals surface area contributed by atoms with Gasteiger partial charge in [0.25, 0.3) is 5.91 Å². The maximum Gasteiger partial charge on any atom is 0.398 e. The van der Waals surface area contributed by atoms with Gasteiger partial charge in [-0.05, 0) is 49.7 Å². The van der Waals surface area contributed by atoms with Gasteiger partial charge in [-0.25, -0.2) is 0 Å².